The van der Waals surface area contributed by atoms with Gasteiger partial charge in [0.15, 0.2) is 0 Å². The molecule has 156 valence electrons. The third-order valence-corrected chi connectivity index (χ3v) is 7.18. The Labute approximate surface area is 171 Å². The first kappa shape index (κ1) is 21.2. The van der Waals surface area contributed by atoms with E-state index in [1.807, 2.05) is 53.8 Å². The van der Waals surface area contributed by atoms with E-state index in [0.717, 1.165) is 25.0 Å². The van der Waals surface area contributed by atoms with Crippen molar-refractivity contribution in [1.29, 1.82) is 0 Å². The Bertz CT molecular complexity index is 759. The molecular weight excluding hydrogens is 374 g/mol. The summed E-state index contributed by atoms with van der Waals surface area (Å²) < 4.78 is 21.4. The number of piperidine rings is 1. The molecule has 1 aliphatic carbocycles. The highest BCUT2D eigenvalue weighted by molar-refractivity contribution is 7.84. The summed E-state index contributed by atoms with van der Waals surface area (Å²) in [4.78, 5) is 19.0. The quantitative estimate of drug-likeness (QED) is 0.816. The number of pyridine rings is 1. The zero-order valence-corrected chi connectivity index (χ0v) is 18.7. The van der Waals surface area contributed by atoms with Gasteiger partial charge in [-0.05, 0) is 72.4 Å². The molecule has 1 spiro atoms. The van der Waals surface area contributed by atoms with Crippen molar-refractivity contribution in [3.63, 3.8) is 0 Å². The van der Waals surface area contributed by atoms with Crippen molar-refractivity contribution in [1.82, 2.24) is 14.6 Å². The number of carbonyl (C=O) groups is 1. The molecule has 2 heterocycles. The van der Waals surface area contributed by atoms with Crippen LogP contribution in [0.3, 0.4) is 0 Å². The van der Waals surface area contributed by atoms with Gasteiger partial charge in [0.05, 0.1) is 21.4 Å². The second-order valence-corrected chi connectivity index (χ2v) is 11.9. The van der Waals surface area contributed by atoms with E-state index >= 15 is 0 Å². The molecular formula is C21H33N3O3S. The molecule has 0 bridgehead atoms. The molecule has 2 atom stereocenters. The molecule has 0 radical (unpaired) electrons. The lowest BCUT2D eigenvalue weighted by molar-refractivity contribution is 0.0150. The average molecular weight is 408 g/mol. The largest absolute Gasteiger partial charge is 0.444 e. The average Bonchev–Trinajstić information content (AvgIpc) is 2.87. The lowest BCUT2D eigenvalue weighted by Crippen LogP contribution is -2.55. The van der Waals surface area contributed by atoms with E-state index < -0.39 is 16.6 Å². The van der Waals surface area contributed by atoms with Gasteiger partial charge in [0.2, 0.25) is 0 Å². The smallest absolute Gasteiger partial charge is 0.410 e. The number of aromatic nitrogens is 1. The number of hydrogen-bond donors (Lipinski definition) is 1. The number of hydrogen-bond acceptors (Lipinski definition) is 4. The first-order valence-corrected chi connectivity index (χ1v) is 11.2. The van der Waals surface area contributed by atoms with E-state index in [-0.39, 0.29) is 22.3 Å². The Morgan fingerprint density at radius 3 is 2.46 bits per heavy atom. The van der Waals surface area contributed by atoms with E-state index in [4.69, 9.17) is 9.72 Å². The van der Waals surface area contributed by atoms with Crippen molar-refractivity contribution < 1.29 is 13.7 Å². The fourth-order valence-electron chi connectivity index (χ4n) is 4.09. The van der Waals surface area contributed by atoms with Crippen molar-refractivity contribution in [2.45, 2.75) is 82.6 Å². The molecule has 1 saturated heterocycles. The van der Waals surface area contributed by atoms with E-state index in [1.54, 1.807) is 4.90 Å². The van der Waals surface area contributed by atoms with Gasteiger partial charge in [0.1, 0.15) is 5.60 Å². The minimum absolute atomic E-state index is 0.0539. The Hall–Kier alpha value is -1.47. The number of likely N-dealkylation sites (tertiary alicyclic amines) is 1. The normalized spacial score (nSPS) is 22.8. The SMILES string of the molecule is CC(C)(C)OC(=O)N1CCC2(CC1)c1ncccc1CC2N[S@@](=O)C(C)(C)C. The minimum Gasteiger partial charge on any atom is -0.444 e. The fraction of sp³-hybridized carbons (Fsp3) is 0.714. The van der Waals surface area contributed by atoms with Gasteiger partial charge in [0, 0.05) is 30.7 Å². The highest BCUT2D eigenvalue weighted by Gasteiger charge is 2.51. The third-order valence-electron chi connectivity index (χ3n) is 5.57. The Kier molecular flexibility index (Phi) is 5.62. The fourth-order valence-corrected chi connectivity index (χ4v) is 5.01. The number of rotatable bonds is 2. The van der Waals surface area contributed by atoms with Gasteiger partial charge in [-0.3, -0.25) is 4.98 Å². The van der Waals surface area contributed by atoms with Gasteiger partial charge < -0.3 is 9.64 Å². The highest BCUT2D eigenvalue weighted by atomic mass is 32.2. The van der Waals surface area contributed by atoms with Crippen LogP contribution in [-0.4, -0.2) is 49.7 Å². The Balaban J connectivity index is 1.81. The number of amides is 1. The maximum absolute atomic E-state index is 12.8. The van der Waals surface area contributed by atoms with E-state index in [2.05, 4.69) is 10.8 Å². The number of nitrogens with zero attached hydrogens (tertiary/aromatic N) is 2. The van der Waals surface area contributed by atoms with Crippen molar-refractivity contribution in [3.8, 4) is 0 Å². The first-order valence-electron chi connectivity index (χ1n) is 10.0. The molecule has 1 fully saturated rings. The molecule has 7 heteroatoms. The Morgan fingerprint density at radius 2 is 1.89 bits per heavy atom. The van der Waals surface area contributed by atoms with Gasteiger partial charge in [-0.1, -0.05) is 6.07 Å². The zero-order chi connectivity index (χ0) is 20.7. The van der Waals surface area contributed by atoms with E-state index in [1.165, 1.54) is 5.56 Å². The summed E-state index contributed by atoms with van der Waals surface area (Å²) in [6.45, 7) is 12.8. The predicted molar refractivity (Wildman–Crippen MR) is 111 cm³/mol. The lowest BCUT2D eigenvalue weighted by Gasteiger charge is -2.43. The topological polar surface area (TPSA) is 71.5 Å². The van der Waals surface area contributed by atoms with Crippen molar-refractivity contribution in [2.24, 2.45) is 0 Å². The zero-order valence-electron chi connectivity index (χ0n) is 17.9. The first-order chi connectivity index (χ1) is 12.9. The summed E-state index contributed by atoms with van der Waals surface area (Å²) >= 11 is 0. The molecule has 0 saturated carbocycles. The third kappa shape index (κ3) is 4.25. The monoisotopic (exact) mass is 407 g/mol. The molecule has 0 aromatic carbocycles. The van der Waals surface area contributed by atoms with Crippen LogP contribution in [0.25, 0.3) is 0 Å². The number of carbonyl (C=O) groups excluding carboxylic acids is 1. The molecule has 1 unspecified atom stereocenters. The summed E-state index contributed by atoms with van der Waals surface area (Å²) in [6.07, 6.45) is 3.97. The lowest BCUT2D eigenvalue weighted by atomic mass is 9.73. The number of fused-ring (bicyclic) bond motifs is 2. The number of ether oxygens (including phenoxy) is 1. The van der Waals surface area contributed by atoms with Crippen LogP contribution in [0.5, 0.6) is 0 Å². The highest BCUT2D eigenvalue weighted by Crippen LogP contribution is 2.45. The van der Waals surface area contributed by atoms with Crippen LogP contribution in [0.4, 0.5) is 4.79 Å². The second-order valence-electron chi connectivity index (χ2n) is 9.89. The maximum Gasteiger partial charge on any atom is 0.410 e. The summed E-state index contributed by atoms with van der Waals surface area (Å²) in [6, 6.07) is 4.13. The standard InChI is InChI=1S/C21H33N3O3S/c1-19(2,3)27-18(25)24-12-9-21(10-13-24)16(23-28(26)20(4,5)6)14-15-8-7-11-22-17(15)21/h7-8,11,16,23H,9-10,12-14H2,1-6H3/t16?,28-/m0/s1. The van der Waals surface area contributed by atoms with Crippen LogP contribution in [0, 0.1) is 0 Å². The van der Waals surface area contributed by atoms with E-state index in [0.29, 0.717) is 13.1 Å². The summed E-state index contributed by atoms with van der Waals surface area (Å²) in [5.41, 5.74) is 1.62. The van der Waals surface area contributed by atoms with Crippen LogP contribution in [0.15, 0.2) is 18.3 Å². The minimum atomic E-state index is -1.16. The van der Waals surface area contributed by atoms with Crippen LogP contribution in [0.2, 0.25) is 0 Å². The van der Waals surface area contributed by atoms with Gasteiger partial charge in [0.25, 0.3) is 0 Å². The van der Waals surface area contributed by atoms with Gasteiger partial charge in [-0.2, -0.15) is 0 Å². The van der Waals surface area contributed by atoms with Crippen LogP contribution in [0.1, 0.15) is 65.6 Å². The number of nitrogens with one attached hydrogen (secondary N) is 1. The molecule has 1 aliphatic heterocycles. The van der Waals surface area contributed by atoms with Crippen molar-refractivity contribution in [3.05, 3.63) is 29.6 Å². The second kappa shape index (κ2) is 7.41. The van der Waals surface area contributed by atoms with Crippen LogP contribution < -0.4 is 4.72 Å². The molecule has 1 aromatic heterocycles. The molecule has 1 aromatic rings. The van der Waals surface area contributed by atoms with Crippen molar-refractivity contribution in [2.75, 3.05) is 13.1 Å². The Morgan fingerprint density at radius 1 is 1.25 bits per heavy atom. The molecule has 2 aliphatic rings. The van der Waals surface area contributed by atoms with Crippen LogP contribution >= 0.6 is 0 Å². The maximum atomic E-state index is 12.8. The summed E-state index contributed by atoms with van der Waals surface area (Å²) in [7, 11) is -1.16. The van der Waals surface area contributed by atoms with E-state index in [9.17, 15) is 9.00 Å². The van der Waals surface area contributed by atoms with Crippen molar-refractivity contribution >= 4 is 17.1 Å². The summed E-state index contributed by atoms with van der Waals surface area (Å²) in [5.74, 6) is 0. The molecule has 3 rings (SSSR count). The van der Waals surface area contributed by atoms with Gasteiger partial charge in [-0.25, -0.2) is 13.7 Å². The predicted octanol–water partition coefficient (Wildman–Crippen LogP) is 3.33. The molecule has 28 heavy (non-hydrogen) atoms. The van der Waals surface area contributed by atoms with Gasteiger partial charge in [-0.15, -0.1) is 0 Å². The molecule has 6 nitrogen and oxygen atoms in total. The van der Waals surface area contributed by atoms with Gasteiger partial charge >= 0.3 is 6.09 Å². The molecule has 1 amide bonds. The molecule has 1 N–H and O–H groups in total. The summed E-state index contributed by atoms with van der Waals surface area (Å²) in [5, 5.41) is 0. The van der Waals surface area contributed by atoms with Crippen LogP contribution in [-0.2, 0) is 27.6 Å².